The monoisotopic (exact) mass is 233 g/mol. The van der Waals surface area contributed by atoms with Crippen LogP contribution in [0.2, 0.25) is 0 Å². The second kappa shape index (κ2) is 4.69. The van der Waals surface area contributed by atoms with Gasteiger partial charge in [-0.15, -0.1) is 0 Å². The lowest BCUT2D eigenvalue weighted by atomic mass is 9.81. The molecule has 0 saturated carbocycles. The predicted molar refractivity (Wildman–Crippen MR) is 71.4 cm³/mol. The number of aryl methyl sites for hydroxylation is 1. The second-order valence-electron chi connectivity index (χ2n) is 5.63. The molecule has 2 nitrogen and oxygen atoms in total. The number of nitrogens with two attached hydrogens (primary N) is 1. The lowest BCUT2D eigenvalue weighted by molar-refractivity contribution is 0.146. The van der Waals surface area contributed by atoms with E-state index in [0.29, 0.717) is 6.10 Å². The van der Waals surface area contributed by atoms with Gasteiger partial charge >= 0.3 is 0 Å². The molecule has 2 rings (SSSR count). The highest BCUT2D eigenvalue weighted by molar-refractivity contribution is 5.40. The summed E-state index contributed by atoms with van der Waals surface area (Å²) in [5, 5.41) is 0. The zero-order valence-corrected chi connectivity index (χ0v) is 11.1. The first-order valence-electron chi connectivity index (χ1n) is 6.52. The van der Waals surface area contributed by atoms with E-state index in [4.69, 9.17) is 10.5 Å². The van der Waals surface area contributed by atoms with E-state index in [1.807, 2.05) is 0 Å². The molecule has 0 bridgehead atoms. The molecule has 0 radical (unpaired) electrons. The maximum absolute atomic E-state index is 6.01. The van der Waals surface area contributed by atoms with Crippen LogP contribution in [0.3, 0.4) is 0 Å². The van der Waals surface area contributed by atoms with E-state index in [2.05, 4.69) is 39.0 Å². The van der Waals surface area contributed by atoms with E-state index in [-0.39, 0.29) is 5.41 Å². The van der Waals surface area contributed by atoms with Crippen LogP contribution < -0.4 is 10.5 Å². The largest absolute Gasteiger partial charge is 0.490 e. The highest BCUT2D eigenvalue weighted by Crippen LogP contribution is 2.35. The van der Waals surface area contributed by atoms with Gasteiger partial charge in [-0.05, 0) is 43.4 Å². The Hall–Kier alpha value is -1.02. The average Bonchev–Trinajstić information content (AvgIpc) is 2.70. The third-order valence-electron chi connectivity index (χ3n) is 4.02. The average molecular weight is 233 g/mol. The van der Waals surface area contributed by atoms with Crippen LogP contribution in [0.15, 0.2) is 18.2 Å². The van der Waals surface area contributed by atoms with Crippen molar-refractivity contribution in [3.63, 3.8) is 0 Å². The second-order valence-corrected chi connectivity index (χ2v) is 5.63. The molecule has 1 aromatic rings. The third kappa shape index (κ3) is 2.63. The van der Waals surface area contributed by atoms with Crippen LogP contribution in [0.25, 0.3) is 0 Å². The maximum Gasteiger partial charge on any atom is 0.123 e. The summed E-state index contributed by atoms with van der Waals surface area (Å²) in [4.78, 5) is 0. The third-order valence-corrected chi connectivity index (χ3v) is 4.02. The Morgan fingerprint density at radius 1 is 1.47 bits per heavy atom. The standard InChI is InChI=1S/C15H23NO/c1-4-15(3,10-16)9-13-8-12-7-11(2)5-6-14(12)17-13/h5-7,13H,4,8-10,16H2,1-3H3. The Morgan fingerprint density at radius 3 is 2.88 bits per heavy atom. The molecule has 2 atom stereocenters. The number of benzene rings is 1. The number of rotatable bonds is 4. The molecule has 0 aromatic heterocycles. The minimum absolute atomic E-state index is 0.210. The molecule has 17 heavy (non-hydrogen) atoms. The first-order valence-corrected chi connectivity index (χ1v) is 6.52. The molecule has 1 aromatic carbocycles. The Bertz CT molecular complexity index is 396. The molecule has 2 N–H and O–H groups in total. The zero-order chi connectivity index (χ0) is 12.5. The fourth-order valence-corrected chi connectivity index (χ4v) is 2.48. The van der Waals surface area contributed by atoms with Gasteiger partial charge in [0.15, 0.2) is 0 Å². The van der Waals surface area contributed by atoms with Gasteiger partial charge in [0.25, 0.3) is 0 Å². The van der Waals surface area contributed by atoms with Crippen LogP contribution in [0.4, 0.5) is 0 Å². The van der Waals surface area contributed by atoms with Crippen molar-refractivity contribution < 1.29 is 4.74 Å². The van der Waals surface area contributed by atoms with E-state index >= 15 is 0 Å². The van der Waals surface area contributed by atoms with Gasteiger partial charge in [0.2, 0.25) is 0 Å². The molecular formula is C15H23NO. The highest BCUT2D eigenvalue weighted by atomic mass is 16.5. The summed E-state index contributed by atoms with van der Waals surface area (Å²) in [6, 6.07) is 6.45. The smallest absolute Gasteiger partial charge is 0.123 e. The molecule has 2 unspecified atom stereocenters. The van der Waals surface area contributed by atoms with Crippen molar-refractivity contribution in [2.24, 2.45) is 11.1 Å². The van der Waals surface area contributed by atoms with Crippen LogP contribution in [0, 0.1) is 12.3 Å². The van der Waals surface area contributed by atoms with Crippen molar-refractivity contribution in [1.82, 2.24) is 0 Å². The zero-order valence-electron chi connectivity index (χ0n) is 11.1. The van der Waals surface area contributed by atoms with E-state index in [1.54, 1.807) is 0 Å². The molecule has 0 amide bonds. The molecular weight excluding hydrogens is 210 g/mol. The topological polar surface area (TPSA) is 35.2 Å². The van der Waals surface area contributed by atoms with Gasteiger partial charge in [-0.2, -0.15) is 0 Å². The van der Waals surface area contributed by atoms with Gasteiger partial charge in [0.05, 0.1) is 0 Å². The first kappa shape index (κ1) is 12.4. The summed E-state index contributed by atoms with van der Waals surface area (Å²) in [7, 11) is 0. The van der Waals surface area contributed by atoms with Crippen molar-refractivity contribution in [3.8, 4) is 5.75 Å². The first-order chi connectivity index (χ1) is 8.06. The summed E-state index contributed by atoms with van der Waals surface area (Å²) >= 11 is 0. The van der Waals surface area contributed by atoms with E-state index in [9.17, 15) is 0 Å². The van der Waals surface area contributed by atoms with Crippen LogP contribution in [0.5, 0.6) is 5.75 Å². The van der Waals surface area contributed by atoms with Gasteiger partial charge < -0.3 is 10.5 Å². The number of hydrogen-bond acceptors (Lipinski definition) is 2. The summed E-state index contributed by atoms with van der Waals surface area (Å²) in [5.41, 5.74) is 8.74. The van der Waals surface area contributed by atoms with Crippen LogP contribution in [-0.4, -0.2) is 12.6 Å². The lowest BCUT2D eigenvalue weighted by Gasteiger charge is -2.29. The molecule has 0 saturated heterocycles. The minimum atomic E-state index is 0.210. The number of fused-ring (bicyclic) bond motifs is 1. The van der Waals surface area contributed by atoms with Gasteiger partial charge in [-0.3, -0.25) is 0 Å². The number of ether oxygens (including phenoxy) is 1. The molecule has 1 heterocycles. The fourth-order valence-electron chi connectivity index (χ4n) is 2.48. The highest BCUT2D eigenvalue weighted by Gasteiger charge is 2.30. The quantitative estimate of drug-likeness (QED) is 0.867. The van der Waals surface area contributed by atoms with E-state index in [0.717, 1.165) is 31.6 Å². The fraction of sp³-hybridized carbons (Fsp3) is 0.600. The van der Waals surface area contributed by atoms with Crippen molar-refractivity contribution in [3.05, 3.63) is 29.3 Å². The Labute approximate surface area is 104 Å². The van der Waals surface area contributed by atoms with Gasteiger partial charge in [-0.1, -0.05) is 31.5 Å². The van der Waals surface area contributed by atoms with Crippen LogP contribution in [-0.2, 0) is 6.42 Å². The molecule has 0 fully saturated rings. The molecule has 0 aliphatic carbocycles. The predicted octanol–water partition coefficient (Wildman–Crippen LogP) is 3.06. The van der Waals surface area contributed by atoms with Crippen LogP contribution >= 0.6 is 0 Å². The van der Waals surface area contributed by atoms with Crippen molar-refractivity contribution in [1.29, 1.82) is 0 Å². The van der Waals surface area contributed by atoms with Crippen molar-refractivity contribution in [2.75, 3.05) is 6.54 Å². The summed E-state index contributed by atoms with van der Waals surface area (Å²) in [6.07, 6.45) is 3.50. The SMILES string of the molecule is CCC(C)(CN)CC1Cc2cc(C)ccc2O1. The summed E-state index contributed by atoms with van der Waals surface area (Å²) in [6.45, 7) is 7.33. The van der Waals surface area contributed by atoms with E-state index in [1.165, 1.54) is 11.1 Å². The minimum Gasteiger partial charge on any atom is -0.490 e. The Kier molecular flexibility index (Phi) is 3.43. The van der Waals surface area contributed by atoms with Crippen molar-refractivity contribution >= 4 is 0 Å². The molecule has 94 valence electrons. The molecule has 2 heteroatoms. The molecule has 1 aliphatic heterocycles. The van der Waals surface area contributed by atoms with E-state index < -0.39 is 0 Å². The Morgan fingerprint density at radius 2 is 2.24 bits per heavy atom. The normalized spacial score (nSPS) is 21.8. The molecule has 0 spiro atoms. The van der Waals surface area contributed by atoms with Crippen LogP contribution in [0.1, 0.15) is 37.8 Å². The number of hydrogen-bond donors (Lipinski definition) is 1. The lowest BCUT2D eigenvalue weighted by Crippen LogP contribution is -2.32. The maximum atomic E-state index is 6.01. The van der Waals surface area contributed by atoms with Gasteiger partial charge in [0.1, 0.15) is 11.9 Å². The summed E-state index contributed by atoms with van der Waals surface area (Å²) in [5.74, 6) is 1.07. The van der Waals surface area contributed by atoms with Gasteiger partial charge in [-0.25, -0.2) is 0 Å². The Balaban J connectivity index is 2.05. The molecule has 1 aliphatic rings. The van der Waals surface area contributed by atoms with Crippen molar-refractivity contribution in [2.45, 2.75) is 46.1 Å². The summed E-state index contributed by atoms with van der Waals surface area (Å²) < 4.78 is 6.01. The van der Waals surface area contributed by atoms with Gasteiger partial charge in [0, 0.05) is 6.42 Å².